The maximum Gasteiger partial charge on any atom is 3.00 e. The van der Waals surface area contributed by atoms with Crippen LogP contribution in [-0.2, 0) is 34.1 Å². The molecular formula is C64H56Cu2Dy2N10O18. The Morgan fingerprint density at radius 1 is 0.323 bits per heavy atom. The van der Waals surface area contributed by atoms with Crippen LogP contribution in [0.1, 0.15) is 49.9 Å². The van der Waals surface area contributed by atoms with Crippen LogP contribution in [0.25, 0.3) is 0 Å². The van der Waals surface area contributed by atoms with Gasteiger partial charge in [-0.05, 0) is 70.8 Å². The molecule has 8 rings (SSSR count). The van der Waals surface area contributed by atoms with E-state index in [9.17, 15) is 40.9 Å². The Labute approximate surface area is 635 Å². The molecule has 32 heteroatoms. The molecule has 8 aromatic carbocycles. The summed E-state index contributed by atoms with van der Waals surface area (Å²) < 4.78 is 19.7. The molecule has 96 heavy (non-hydrogen) atoms. The molecule has 512 valence electrons. The summed E-state index contributed by atoms with van der Waals surface area (Å²) >= 11 is 0. The summed E-state index contributed by atoms with van der Waals surface area (Å²) in [4.78, 5) is 32.6. The molecule has 0 heterocycles. The zero-order chi connectivity index (χ0) is 69.8. The van der Waals surface area contributed by atoms with Crippen LogP contribution in [0.4, 0.5) is 22.7 Å². The molecular weight excluding hydrogens is 1650 g/mol. The standard InChI is InChI=1S/4C14H13NO3.4C2H3N.2Cu.2Dy.2NO3/c4*1-18-13-8-4-5-10(14(13)17)9-15-11-6-2-3-7-12(11)16;4*1-2-3;;;;;2*2-1(3)4/h4*2-9,16-17H,1H3;4*1H3;;;;;;/q;;;;;;;;2*+2;2*+3;2*-1/p-8. The number of nitrogens with zero attached hydrogens (tertiary/aromatic N) is 10. The summed E-state index contributed by atoms with van der Waals surface area (Å²) in [5.74, 6) is -0.646. The van der Waals surface area contributed by atoms with Crippen molar-refractivity contribution >= 4 is 47.6 Å². The fraction of sp³-hybridized carbons (Fsp3) is 0.125. The maximum absolute atomic E-state index is 11.8. The molecule has 0 spiro atoms. The molecule has 0 unspecified atom stereocenters. The van der Waals surface area contributed by atoms with Crippen LogP contribution in [0, 0.1) is 152 Å². The first-order chi connectivity index (χ1) is 44.0. The zero-order valence-electron chi connectivity index (χ0n) is 51.5. The molecule has 0 atom stereocenters. The van der Waals surface area contributed by atoms with Gasteiger partial charge in [0.15, 0.2) is 0 Å². The van der Waals surface area contributed by atoms with Gasteiger partial charge in [-0.2, -0.15) is 21.0 Å². The molecule has 0 fully saturated rings. The van der Waals surface area contributed by atoms with Gasteiger partial charge in [0.2, 0.25) is 0 Å². The van der Waals surface area contributed by atoms with Crippen molar-refractivity contribution in [3.8, 4) is 93.3 Å². The van der Waals surface area contributed by atoms with Gasteiger partial charge in [-0.3, -0.25) is 20.0 Å². The molecule has 0 saturated heterocycles. The second-order valence-corrected chi connectivity index (χ2v) is 15.8. The summed E-state index contributed by atoms with van der Waals surface area (Å²) in [7, 11) is 5.74. The molecule has 0 aromatic heterocycles. The second kappa shape index (κ2) is 60.0. The van der Waals surface area contributed by atoms with Gasteiger partial charge < -0.3 is 90.4 Å². The largest absolute Gasteiger partial charge is 3.00 e. The van der Waals surface area contributed by atoms with Crippen molar-refractivity contribution in [1.29, 1.82) is 21.0 Å². The van der Waals surface area contributed by atoms with Crippen molar-refractivity contribution in [2.75, 3.05) is 28.4 Å². The van der Waals surface area contributed by atoms with E-state index in [1.54, 1.807) is 170 Å². The van der Waals surface area contributed by atoms with E-state index in [4.69, 9.17) is 70.6 Å². The maximum atomic E-state index is 11.8. The Kier molecular flexibility index (Phi) is 60.6. The van der Waals surface area contributed by atoms with Gasteiger partial charge in [0, 0.05) is 52.6 Å². The molecule has 4 radical (unpaired) electrons. The first-order valence-electron chi connectivity index (χ1n) is 25.4. The topological polar surface area (TPSA) is 498 Å². The summed E-state index contributed by atoms with van der Waals surface area (Å²) in [6, 6.07) is 52.2. The average Bonchev–Trinajstić information content (AvgIpc) is 1.17. The predicted octanol–water partition coefficient (Wildman–Crippen LogP) is 8.01. The minimum absolute atomic E-state index is 0. The van der Waals surface area contributed by atoms with Gasteiger partial charge in [0.25, 0.3) is 0 Å². The van der Waals surface area contributed by atoms with Crippen LogP contribution >= 0.6 is 0 Å². The van der Waals surface area contributed by atoms with E-state index in [-0.39, 0.29) is 179 Å². The third-order valence-corrected chi connectivity index (χ3v) is 9.75. The van der Waals surface area contributed by atoms with E-state index >= 15 is 0 Å². The van der Waals surface area contributed by atoms with E-state index < -0.39 is 10.2 Å². The van der Waals surface area contributed by atoms with E-state index in [1.165, 1.54) is 105 Å². The smallest absolute Gasteiger partial charge is 0.871 e. The van der Waals surface area contributed by atoms with Gasteiger partial charge in [0.05, 0.1) is 85.6 Å². The summed E-state index contributed by atoms with van der Waals surface area (Å²) in [5, 5.41) is 152. The molecule has 0 aliphatic carbocycles. The molecule has 8 aromatic rings. The molecule has 0 amide bonds. The Hall–Kier alpha value is -10.0. The van der Waals surface area contributed by atoms with Crippen LogP contribution in [0.3, 0.4) is 0 Å². The van der Waals surface area contributed by atoms with Crippen LogP contribution in [0.5, 0.6) is 69.0 Å². The van der Waals surface area contributed by atoms with Crippen molar-refractivity contribution in [1.82, 2.24) is 0 Å². The number of methoxy groups -OCH3 is 4. The van der Waals surface area contributed by atoms with Gasteiger partial charge in [-0.25, -0.2) is 0 Å². The van der Waals surface area contributed by atoms with Crippen molar-refractivity contribution in [3.05, 3.63) is 223 Å². The molecule has 0 saturated carbocycles. The number of benzene rings is 8. The normalized spacial score (nSPS) is 8.88. The Balaban J connectivity index is -0.000000253. The molecule has 0 N–H and O–H groups in total. The third-order valence-electron chi connectivity index (χ3n) is 9.75. The van der Waals surface area contributed by atoms with Gasteiger partial charge in [-0.1, -0.05) is 167 Å². The van der Waals surface area contributed by atoms with Crippen LogP contribution in [0.15, 0.2) is 190 Å². The van der Waals surface area contributed by atoms with Crippen LogP contribution in [-0.4, -0.2) is 63.5 Å². The molecule has 0 aliphatic rings. The SMILES string of the molecule is CC#N.CC#N.CC#N.CC#N.COc1cccc(C=Nc2ccccc2[O-])c1[O-].COc1cccc(C=Nc2ccccc2[O-])c1[O-].COc1cccc(C=Nc2ccccc2[O-])c1[O-].COc1cccc(C=Nc2ccccc2[O-])c1[O-].O=[N+]([O-])[O-].O=[N+]([O-])[O-].[Cu+2].[Cu+2].[Dy+3].[Dy+3]. The number of hydrogen-bond acceptors (Lipinski definition) is 26. The minimum Gasteiger partial charge on any atom is -0.871 e. The molecule has 28 nitrogen and oxygen atoms in total. The zero-order valence-corrected chi connectivity index (χ0v) is 57.5. The number of para-hydroxylation sites is 12. The average molecular weight is 1710 g/mol. The van der Waals surface area contributed by atoms with Crippen LogP contribution in [0.2, 0.25) is 0 Å². The number of hydrogen-bond donors (Lipinski definition) is 0. The fourth-order valence-corrected chi connectivity index (χ4v) is 5.99. The van der Waals surface area contributed by atoms with Crippen molar-refractivity contribution in [2.45, 2.75) is 27.7 Å². The monoisotopic (exact) mass is 1710 g/mol. The number of ether oxygens (including phenoxy) is 4. The number of nitriles is 4. The molecule has 0 bridgehead atoms. The van der Waals surface area contributed by atoms with Crippen molar-refractivity contribution in [3.63, 3.8) is 0 Å². The Morgan fingerprint density at radius 3 is 0.604 bits per heavy atom. The molecule has 0 aliphatic heterocycles. The van der Waals surface area contributed by atoms with Crippen LogP contribution < -0.4 is 59.8 Å². The van der Waals surface area contributed by atoms with Gasteiger partial charge >= 0.3 is 110 Å². The summed E-state index contributed by atoms with van der Waals surface area (Å²) in [6.45, 7) is 5.72. The van der Waals surface area contributed by atoms with E-state index in [0.29, 0.717) is 45.0 Å². The first-order valence-corrected chi connectivity index (χ1v) is 25.4. The second-order valence-electron chi connectivity index (χ2n) is 15.8. The predicted molar refractivity (Wildman–Crippen MR) is 328 cm³/mol. The number of aliphatic imine (C=N–C) groups is 4. The van der Waals surface area contributed by atoms with Crippen molar-refractivity contribution in [2.24, 2.45) is 20.0 Å². The van der Waals surface area contributed by atoms with Gasteiger partial charge in [0.1, 0.15) is 23.0 Å². The quantitative estimate of drug-likeness (QED) is 0.0483. The minimum atomic E-state index is -1.75. The Morgan fingerprint density at radius 2 is 0.469 bits per heavy atom. The van der Waals surface area contributed by atoms with E-state index in [2.05, 4.69) is 20.0 Å². The summed E-state index contributed by atoms with van der Waals surface area (Å²) in [6.07, 6.45) is 5.51. The Bertz CT molecular complexity index is 3360. The van der Waals surface area contributed by atoms with E-state index in [0.717, 1.165) is 0 Å². The van der Waals surface area contributed by atoms with Gasteiger partial charge in [-0.15, -0.1) is 0 Å². The first kappa shape index (κ1) is 97.1. The number of rotatable bonds is 12. The third kappa shape index (κ3) is 41.5. The van der Waals surface area contributed by atoms with E-state index in [1.807, 2.05) is 0 Å². The summed E-state index contributed by atoms with van der Waals surface area (Å²) in [5.41, 5.74) is 2.77. The fourth-order valence-electron chi connectivity index (χ4n) is 5.99. The van der Waals surface area contributed by atoms with Crippen molar-refractivity contribution < 1.29 is 180 Å².